The highest BCUT2D eigenvalue weighted by Gasteiger charge is 2.01. The fourth-order valence-corrected chi connectivity index (χ4v) is 1.67. The Hall–Kier alpha value is -2.33. The summed E-state index contributed by atoms with van der Waals surface area (Å²) in [6.45, 7) is 9.57. The van der Waals surface area contributed by atoms with Gasteiger partial charge in [0.15, 0.2) is 0 Å². The van der Waals surface area contributed by atoms with Gasteiger partial charge < -0.3 is 4.74 Å². The summed E-state index contributed by atoms with van der Waals surface area (Å²) in [6, 6.07) is 0. The van der Waals surface area contributed by atoms with Crippen LogP contribution in [0.3, 0.4) is 0 Å². The maximum atomic E-state index is 11.5. The minimum absolute atomic E-state index is 0.225. The van der Waals surface area contributed by atoms with E-state index in [2.05, 4.69) is 12.6 Å². The summed E-state index contributed by atoms with van der Waals surface area (Å²) in [5.74, 6) is -0.295. The number of hydrogen-bond donors (Lipinski definition) is 1. The topological polar surface area (TPSA) is 43.4 Å². The molecule has 0 aliphatic rings. The number of ether oxygens (including phenoxy) is 1. The van der Waals surface area contributed by atoms with E-state index in [4.69, 9.17) is 4.74 Å². The van der Waals surface area contributed by atoms with E-state index in [1.165, 1.54) is 0 Å². The predicted molar refractivity (Wildman–Crippen MR) is 113 cm³/mol. The normalized spacial score (nSPS) is 14.7. The van der Waals surface area contributed by atoms with Gasteiger partial charge in [-0.1, -0.05) is 71.9 Å². The molecule has 0 N–H and O–H groups in total. The van der Waals surface area contributed by atoms with Gasteiger partial charge in [-0.05, 0) is 34.6 Å². The van der Waals surface area contributed by atoms with Crippen molar-refractivity contribution >= 4 is 23.7 Å². The van der Waals surface area contributed by atoms with Gasteiger partial charge in [-0.15, -0.1) is 12.6 Å². The van der Waals surface area contributed by atoms with Crippen molar-refractivity contribution in [2.45, 2.75) is 34.6 Å². The maximum absolute atomic E-state index is 11.5. The molecule has 0 atom stereocenters. The summed E-state index contributed by atoms with van der Waals surface area (Å²) in [7, 11) is 0. The first-order valence-electron chi connectivity index (χ1n) is 8.40. The van der Waals surface area contributed by atoms with Crippen LogP contribution in [0.5, 0.6) is 0 Å². The van der Waals surface area contributed by atoms with Crippen LogP contribution in [0.2, 0.25) is 0 Å². The Morgan fingerprint density at radius 1 is 0.769 bits per heavy atom. The Morgan fingerprint density at radius 2 is 1.23 bits per heavy atom. The van der Waals surface area contributed by atoms with E-state index in [0.29, 0.717) is 17.8 Å². The molecule has 0 aliphatic heterocycles. The van der Waals surface area contributed by atoms with Crippen molar-refractivity contribution in [2.24, 2.45) is 0 Å². The summed E-state index contributed by atoms with van der Waals surface area (Å²) in [6.07, 6.45) is 18.8. The molecule has 3 nitrogen and oxygen atoms in total. The second-order valence-corrected chi connectivity index (χ2v) is 6.06. The van der Waals surface area contributed by atoms with E-state index < -0.39 is 0 Å². The number of thiol groups is 1. The van der Waals surface area contributed by atoms with E-state index >= 15 is 0 Å². The Balaban J connectivity index is 4.65. The van der Waals surface area contributed by atoms with Gasteiger partial charge in [0.2, 0.25) is 5.12 Å². The monoisotopic (exact) mass is 372 g/mol. The number of carbonyl (C=O) groups is 2. The molecule has 4 heteroatoms. The van der Waals surface area contributed by atoms with Gasteiger partial charge in [0, 0.05) is 11.1 Å². The molecule has 0 saturated carbocycles. The van der Waals surface area contributed by atoms with Crippen molar-refractivity contribution in [3.63, 3.8) is 0 Å². The first-order chi connectivity index (χ1) is 12.3. The van der Waals surface area contributed by atoms with Crippen LogP contribution in [0.25, 0.3) is 0 Å². The van der Waals surface area contributed by atoms with Crippen LogP contribution in [0, 0.1) is 0 Å². The molecule has 0 aromatic carbocycles. The van der Waals surface area contributed by atoms with Crippen molar-refractivity contribution < 1.29 is 14.3 Å². The molecule has 0 rings (SSSR count). The van der Waals surface area contributed by atoms with Crippen LogP contribution in [-0.2, 0) is 14.3 Å². The zero-order chi connectivity index (χ0) is 19.9. The van der Waals surface area contributed by atoms with Crippen molar-refractivity contribution in [3.8, 4) is 0 Å². The molecule has 0 bridgehead atoms. The van der Waals surface area contributed by atoms with Gasteiger partial charge in [-0.3, -0.25) is 4.79 Å². The Kier molecular flexibility index (Phi) is 12.7. The highest BCUT2D eigenvalue weighted by Crippen LogP contribution is 2.03. The first kappa shape index (κ1) is 23.7. The Bertz CT molecular complexity index is 699. The largest absolute Gasteiger partial charge is 0.463 e. The lowest BCUT2D eigenvalue weighted by Crippen LogP contribution is -2.04. The zero-order valence-electron chi connectivity index (χ0n) is 16.2. The number of hydrogen-bond acceptors (Lipinski definition) is 3. The van der Waals surface area contributed by atoms with Gasteiger partial charge in [0.25, 0.3) is 0 Å². The van der Waals surface area contributed by atoms with E-state index in [1.807, 2.05) is 62.5 Å². The van der Waals surface area contributed by atoms with Crippen LogP contribution < -0.4 is 0 Å². The van der Waals surface area contributed by atoms with E-state index in [-0.39, 0.29) is 11.1 Å². The zero-order valence-corrected chi connectivity index (χ0v) is 17.0. The maximum Gasteiger partial charge on any atom is 0.333 e. The molecule has 0 spiro atoms. The molecule has 140 valence electrons. The summed E-state index contributed by atoms with van der Waals surface area (Å²) in [5, 5.41) is -0.225. The number of esters is 1. The van der Waals surface area contributed by atoms with Gasteiger partial charge >= 0.3 is 5.97 Å². The SMILES string of the molecule is CCOC(=O)/C(C)=C/C=C/C(C)=C/C=C/C=C(C)/C=C/C=C(\C)C(=O)S. The number of allylic oxidation sites excluding steroid dienone is 12. The molecule has 0 radical (unpaired) electrons. The lowest BCUT2D eigenvalue weighted by Gasteiger charge is -1.99. The smallest absolute Gasteiger partial charge is 0.333 e. The number of carbonyl (C=O) groups excluding carboxylic acids is 2. The van der Waals surface area contributed by atoms with Crippen molar-refractivity contribution in [3.05, 3.63) is 83.1 Å². The summed E-state index contributed by atoms with van der Waals surface area (Å²) in [5.41, 5.74) is 3.29. The fourth-order valence-electron chi connectivity index (χ4n) is 1.60. The summed E-state index contributed by atoms with van der Waals surface area (Å²) < 4.78 is 4.91. The molecule has 0 heterocycles. The molecule has 0 fully saturated rings. The third-order valence-electron chi connectivity index (χ3n) is 3.17. The minimum Gasteiger partial charge on any atom is -0.463 e. The first-order valence-corrected chi connectivity index (χ1v) is 8.84. The highest BCUT2D eigenvalue weighted by atomic mass is 32.1. The second kappa shape index (κ2) is 13.9. The molecule has 26 heavy (non-hydrogen) atoms. The Morgan fingerprint density at radius 3 is 1.65 bits per heavy atom. The van der Waals surface area contributed by atoms with Crippen LogP contribution >= 0.6 is 12.6 Å². The molecule has 0 aromatic rings. The minimum atomic E-state index is -0.295. The summed E-state index contributed by atoms with van der Waals surface area (Å²) >= 11 is 3.76. The lowest BCUT2D eigenvalue weighted by atomic mass is 10.2. The third-order valence-corrected chi connectivity index (χ3v) is 3.53. The third kappa shape index (κ3) is 12.1. The van der Waals surface area contributed by atoms with Crippen LogP contribution in [-0.4, -0.2) is 17.7 Å². The fraction of sp³-hybridized carbons (Fsp3) is 0.273. The quantitative estimate of drug-likeness (QED) is 0.253. The Labute approximate surface area is 162 Å². The average molecular weight is 373 g/mol. The molecule has 0 unspecified atom stereocenters. The van der Waals surface area contributed by atoms with Crippen molar-refractivity contribution in [1.82, 2.24) is 0 Å². The van der Waals surface area contributed by atoms with E-state index in [0.717, 1.165) is 11.1 Å². The standard InChI is InChI=1S/C22H28O3S/c1-6-25-21(23)19(4)15-9-13-17(2)11-7-8-12-18(3)14-10-16-20(5)22(24)26/h7-16H,6H2,1-5H3,(H,24,26)/b8-7+,13-9+,14-10+,17-11+,18-12+,19-15+,20-16+. The molecule has 0 saturated heterocycles. The number of rotatable bonds is 9. The van der Waals surface area contributed by atoms with E-state index in [9.17, 15) is 9.59 Å². The van der Waals surface area contributed by atoms with E-state index in [1.54, 1.807) is 32.9 Å². The predicted octanol–water partition coefficient (Wildman–Crippen LogP) is 5.46. The molecule has 0 amide bonds. The van der Waals surface area contributed by atoms with Gasteiger partial charge in [0.1, 0.15) is 0 Å². The summed E-state index contributed by atoms with van der Waals surface area (Å²) in [4.78, 5) is 22.4. The highest BCUT2D eigenvalue weighted by molar-refractivity contribution is 7.97. The lowest BCUT2D eigenvalue weighted by molar-refractivity contribution is -0.138. The average Bonchev–Trinajstić information content (AvgIpc) is 2.58. The van der Waals surface area contributed by atoms with Crippen LogP contribution in [0.1, 0.15) is 34.6 Å². The van der Waals surface area contributed by atoms with Gasteiger partial charge in [-0.2, -0.15) is 0 Å². The van der Waals surface area contributed by atoms with Crippen LogP contribution in [0.15, 0.2) is 83.1 Å². The molecular formula is C22H28O3S. The van der Waals surface area contributed by atoms with Gasteiger partial charge in [-0.25, -0.2) is 4.79 Å². The van der Waals surface area contributed by atoms with Gasteiger partial charge in [0.05, 0.1) is 6.61 Å². The van der Waals surface area contributed by atoms with Crippen molar-refractivity contribution in [2.75, 3.05) is 6.61 Å². The second-order valence-electron chi connectivity index (χ2n) is 5.65. The van der Waals surface area contributed by atoms with Crippen molar-refractivity contribution in [1.29, 1.82) is 0 Å². The van der Waals surface area contributed by atoms with Crippen LogP contribution in [0.4, 0.5) is 0 Å². The molecule has 0 aromatic heterocycles. The molecular weight excluding hydrogens is 344 g/mol. The molecule has 0 aliphatic carbocycles.